The quantitative estimate of drug-likeness (QED) is 0.781. The topological polar surface area (TPSA) is 67.1 Å². The summed E-state index contributed by atoms with van der Waals surface area (Å²) >= 11 is 0. The van der Waals surface area contributed by atoms with Gasteiger partial charge in [0.25, 0.3) is 0 Å². The first-order chi connectivity index (χ1) is 11.6. The number of carbonyl (C=O) groups excluding carboxylic acids is 1. The van der Waals surface area contributed by atoms with Crippen LogP contribution in [-0.4, -0.2) is 11.9 Å². The molecule has 4 heteroatoms. The molecule has 0 heterocycles. The van der Waals surface area contributed by atoms with Crippen molar-refractivity contribution in [3.05, 3.63) is 60.2 Å². The van der Waals surface area contributed by atoms with Crippen LogP contribution < -0.4 is 16.4 Å². The Morgan fingerprint density at radius 2 is 1.71 bits per heavy atom. The molecule has 1 aliphatic carbocycles. The van der Waals surface area contributed by atoms with Crippen molar-refractivity contribution >= 4 is 17.3 Å². The number of amides is 1. The van der Waals surface area contributed by atoms with Gasteiger partial charge in [-0.15, -0.1) is 0 Å². The van der Waals surface area contributed by atoms with Gasteiger partial charge in [0.2, 0.25) is 5.91 Å². The Labute approximate surface area is 143 Å². The summed E-state index contributed by atoms with van der Waals surface area (Å²) in [7, 11) is 0. The highest BCUT2D eigenvalue weighted by Gasteiger charge is 2.27. The summed E-state index contributed by atoms with van der Waals surface area (Å²) in [6, 6.07) is 18.6. The fourth-order valence-corrected chi connectivity index (χ4v) is 3.22. The van der Waals surface area contributed by atoms with E-state index >= 15 is 0 Å². The minimum atomic E-state index is 0.0518. The zero-order chi connectivity index (χ0) is 16.9. The predicted molar refractivity (Wildman–Crippen MR) is 98.9 cm³/mol. The van der Waals surface area contributed by atoms with Crippen LogP contribution in [0.3, 0.4) is 0 Å². The maximum atomic E-state index is 12.2. The third-order valence-electron chi connectivity index (χ3n) is 4.68. The molecule has 2 aromatic carbocycles. The number of carbonyl (C=O) groups is 1. The zero-order valence-electron chi connectivity index (χ0n) is 14.0. The van der Waals surface area contributed by atoms with Gasteiger partial charge in [0.05, 0.1) is 0 Å². The maximum Gasteiger partial charge on any atom is 0.227 e. The van der Waals surface area contributed by atoms with E-state index in [1.807, 2.05) is 42.5 Å². The highest BCUT2D eigenvalue weighted by atomic mass is 16.1. The van der Waals surface area contributed by atoms with Crippen LogP contribution in [0.25, 0.3) is 0 Å². The van der Waals surface area contributed by atoms with Crippen molar-refractivity contribution in [1.29, 1.82) is 0 Å². The summed E-state index contributed by atoms with van der Waals surface area (Å²) in [5, 5.41) is 6.46. The number of nitrogens with two attached hydrogens (primary N) is 1. The van der Waals surface area contributed by atoms with E-state index in [4.69, 9.17) is 5.73 Å². The molecule has 126 valence electrons. The molecule has 0 radical (unpaired) electrons. The van der Waals surface area contributed by atoms with Crippen LogP contribution in [0.15, 0.2) is 54.6 Å². The van der Waals surface area contributed by atoms with E-state index in [-0.39, 0.29) is 23.9 Å². The lowest BCUT2D eigenvalue weighted by Crippen LogP contribution is -2.23. The molecule has 1 fully saturated rings. The monoisotopic (exact) mass is 323 g/mol. The van der Waals surface area contributed by atoms with Crippen molar-refractivity contribution in [1.82, 2.24) is 0 Å². The molecule has 0 bridgehead atoms. The Bertz CT molecular complexity index is 669. The van der Waals surface area contributed by atoms with Gasteiger partial charge in [-0.1, -0.05) is 30.3 Å². The van der Waals surface area contributed by atoms with E-state index in [0.29, 0.717) is 0 Å². The number of benzene rings is 2. The van der Waals surface area contributed by atoms with Crippen molar-refractivity contribution < 1.29 is 4.79 Å². The lowest BCUT2D eigenvalue weighted by atomic mass is 10.1. The lowest BCUT2D eigenvalue weighted by Gasteiger charge is -2.16. The molecule has 24 heavy (non-hydrogen) atoms. The van der Waals surface area contributed by atoms with Crippen LogP contribution in [0.4, 0.5) is 11.4 Å². The summed E-state index contributed by atoms with van der Waals surface area (Å²) < 4.78 is 0. The van der Waals surface area contributed by atoms with Crippen LogP contribution in [0, 0.1) is 5.92 Å². The molecule has 3 atom stereocenters. The second-order valence-electron chi connectivity index (χ2n) is 6.61. The molecule has 0 saturated heterocycles. The van der Waals surface area contributed by atoms with Crippen LogP contribution in [0.2, 0.25) is 0 Å². The number of nitrogens with one attached hydrogen (secondary N) is 2. The minimum Gasteiger partial charge on any atom is -0.379 e. The molecule has 3 unspecified atom stereocenters. The third kappa shape index (κ3) is 4.15. The standard InChI is InChI=1S/C20H25N3O/c1-14(15-5-3-2-4-6-15)22-18-9-11-19(12-10-18)23-20(24)16-7-8-17(21)13-16/h2-6,9-12,14,16-17,22H,7-8,13,21H2,1H3,(H,23,24). The van der Waals surface area contributed by atoms with Gasteiger partial charge in [-0.05, 0) is 56.0 Å². The maximum absolute atomic E-state index is 12.2. The fourth-order valence-electron chi connectivity index (χ4n) is 3.22. The molecule has 1 aliphatic rings. The fraction of sp³-hybridized carbons (Fsp3) is 0.350. The minimum absolute atomic E-state index is 0.0518. The molecule has 0 spiro atoms. The molecule has 1 saturated carbocycles. The molecule has 3 rings (SSSR count). The van der Waals surface area contributed by atoms with Crippen LogP contribution in [-0.2, 0) is 4.79 Å². The Morgan fingerprint density at radius 3 is 2.33 bits per heavy atom. The number of hydrogen-bond acceptors (Lipinski definition) is 3. The number of anilines is 2. The van der Waals surface area contributed by atoms with Gasteiger partial charge in [0.1, 0.15) is 0 Å². The zero-order valence-corrected chi connectivity index (χ0v) is 14.0. The molecule has 1 amide bonds. The van der Waals surface area contributed by atoms with Crippen molar-refractivity contribution in [2.75, 3.05) is 10.6 Å². The van der Waals surface area contributed by atoms with Gasteiger partial charge in [-0.3, -0.25) is 4.79 Å². The average Bonchev–Trinajstić information content (AvgIpc) is 3.04. The van der Waals surface area contributed by atoms with Gasteiger partial charge >= 0.3 is 0 Å². The Balaban J connectivity index is 1.56. The molecule has 4 N–H and O–H groups in total. The normalized spacial score (nSPS) is 21.2. The van der Waals surface area contributed by atoms with E-state index in [2.05, 4.69) is 29.7 Å². The lowest BCUT2D eigenvalue weighted by molar-refractivity contribution is -0.119. The van der Waals surface area contributed by atoms with Gasteiger partial charge in [0.15, 0.2) is 0 Å². The largest absolute Gasteiger partial charge is 0.379 e. The Kier molecular flexibility index (Phi) is 5.16. The van der Waals surface area contributed by atoms with Gasteiger partial charge < -0.3 is 16.4 Å². The Morgan fingerprint density at radius 1 is 1.04 bits per heavy atom. The van der Waals surface area contributed by atoms with Crippen molar-refractivity contribution in [3.63, 3.8) is 0 Å². The van der Waals surface area contributed by atoms with Gasteiger partial charge in [0, 0.05) is 29.4 Å². The molecular formula is C20H25N3O. The third-order valence-corrected chi connectivity index (χ3v) is 4.68. The highest BCUT2D eigenvalue weighted by molar-refractivity contribution is 5.92. The highest BCUT2D eigenvalue weighted by Crippen LogP contribution is 2.26. The SMILES string of the molecule is CC(Nc1ccc(NC(=O)C2CCC(N)C2)cc1)c1ccccc1. The second-order valence-corrected chi connectivity index (χ2v) is 6.61. The molecule has 4 nitrogen and oxygen atoms in total. The van der Waals surface area contributed by atoms with Crippen molar-refractivity contribution in [2.45, 2.75) is 38.3 Å². The molecule has 2 aromatic rings. The van der Waals surface area contributed by atoms with Crippen LogP contribution in [0.1, 0.15) is 37.8 Å². The van der Waals surface area contributed by atoms with E-state index < -0.39 is 0 Å². The number of rotatable bonds is 5. The van der Waals surface area contributed by atoms with E-state index in [1.165, 1.54) is 5.56 Å². The first-order valence-corrected chi connectivity index (χ1v) is 8.60. The summed E-state index contributed by atoms with van der Waals surface area (Å²) in [5.74, 6) is 0.136. The summed E-state index contributed by atoms with van der Waals surface area (Å²) in [4.78, 5) is 12.2. The van der Waals surface area contributed by atoms with E-state index in [9.17, 15) is 4.79 Å². The van der Waals surface area contributed by atoms with Gasteiger partial charge in [-0.25, -0.2) is 0 Å². The van der Waals surface area contributed by atoms with Crippen LogP contribution >= 0.6 is 0 Å². The van der Waals surface area contributed by atoms with Crippen molar-refractivity contribution in [2.24, 2.45) is 11.7 Å². The first-order valence-electron chi connectivity index (χ1n) is 8.60. The smallest absolute Gasteiger partial charge is 0.227 e. The predicted octanol–water partition coefficient (Wildman–Crippen LogP) is 3.93. The summed E-state index contributed by atoms with van der Waals surface area (Å²) in [6.45, 7) is 2.13. The Hall–Kier alpha value is -2.33. The number of hydrogen-bond donors (Lipinski definition) is 3. The molecular weight excluding hydrogens is 298 g/mol. The van der Waals surface area contributed by atoms with Crippen molar-refractivity contribution in [3.8, 4) is 0 Å². The second kappa shape index (κ2) is 7.49. The molecule has 0 aromatic heterocycles. The average molecular weight is 323 g/mol. The summed E-state index contributed by atoms with van der Waals surface area (Å²) in [6.07, 6.45) is 2.62. The van der Waals surface area contributed by atoms with Gasteiger partial charge in [-0.2, -0.15) is 0 Å². The van der Waals surface area contributed by atoms with E-state index in [1.54, 1.807) is 0 Å². The summed E-state index contributed by atoms with van der Waals surface area (Å²) in [5.41, 5.74) is 8.99. The molecule has 0 aliphatic heterocycles. The first kappa shape index (κ1) is 16.5. The van der Waals surface area contributed by atoms with E-state index in [0.717, 1.165) is 30.6 Å². The van der Waals surface area contributed by atoms with Crippen LogP contribution in [0.5, 0.6) is 0 Å².